The standard InChI is InChI=1S/C16H14Cl2N4O2S/c1-7(2)15-20-21-16(25-15)19-14(23)11-8(3)24-22-13(11)12-9(17)5-4-6-10(12)18/h4-7H,1-3H3,(H,19,21,23). The van der Waals surface area contributed by atoms with Gasteiger partial charge in [0.1, 0.15) is 22.0 Å². The fourth-order valence-electron chi connectivity index (χ4n) is 2.21. The number of benzene rings is 1. The summed E-state index contributed by atoms with van der Waals surface area (Å²) in [6.45, 7) is 5.66. The smallest absolute Gasteiger partial charge is 0.263 e. The number of anilines is 1. The maximum Gasteiger partial charge on any atom is 0.263 e. The maximum absolute atomic E-state index is 12.7. The molecule has 0 aliphatic rings. The molecule has 0 bridgehead atoms. The predicted octanol–water partition coefficient (Wildman–Crippen LogP) is 5.18. The minimum Gasteiger partial charge on any atom is -0.360 e. The minimum absolute atomic E-state index is 0.234. The van der Waals surface area contributed by atoms with E-state index in [1.807, 2.05) is 13.8 Å². The molecular weight excluding hydrogens is 383 g/mol. The van der Waals surface area contributed by atoms with Crippen molar-refractivity contribution in [1.29, 1.82) is 0 Å². The lowest BCUT2D eigenvalue weighted by molar-refractivity contribution is 0.102. The van der Waals surface area contributed by atoms with E-state index in [1.165, 1.54) is 11.3 Å². The third-order valence-electron chi connectivity index (χ3n) is 3.44. The van der Waals surface area contributed by atoms with Crippen LogP contribution in [0.25, 0.3) is 11.3 Å². The van der Waals surface area contributed by atoms with Gasteiger partial charge < -0.3 is 4.52 Å². The molecule has 0 saturated carbocycles. The molecule has 0 unspecified atom stereocenters. The Morgan fingerprint density at radius 2 is 1.92 bits per heavy atom. The Hall–Kier alpha value is -1.96. The van der Waals surface area contributed by atoms with E-state index in [1.54, 1.807) is 25.1 Å². The highest BCUT2D eigenvalue weighted by molar-refractivity contribution is 7.15. The predicted molar refractivity (Wildman–Crippen MR) is 98.6 cm³/mol. The van der Waals surface area contributed by atoms with Crippen molar-refractivity contribution in [2.24, 2.45) is 0 Å². The molecule has 0 saturated heterocycles. The zero-order valence-corrected chi connectivity index (χ0v) is 16.0. The van der Waals surface area contributed by atoms with Crippen molar-refractivity contribution in [3.05, 3.63) is 44.6 Å². The molecule has 3 rings (SSSR count). The molecule has 6 nitrogen and oxygen atoms in total. The Balaban J connectivity index is 1.97. The van der Waals surface area contributed by atoms with Crippen LogP contribution < -0.4 is 5.32 Å². The molecule has 0 aliphatic carbocycles. The Bertz CT molecular complexity index is 916. The number of carbonyl (C=O) groups excluding carboxylic acids is 1. The molecule has 0 atom stereocenters. The van der Waals surface area contributed by atoms with Crippen LogP contribution in [0, 0.1) is 6.92 Å². The zero-order chi connectivity index (χ0) is 18.1. The van der Waals surface area contributed by atoms with Gasteiger partial charge in [-0.2, -0.15) is 0 Å². The van der Waals surface area contributed by atoms with Crippen LogP contribution in [-0.4, -0.2) is 21.3 Å². The van der Waals surface area contributed by atoms with Crippen LogP contribution in [0.2, 0.25) is 10.0 Å². The summed E-state index contributed by atoms with van der Waals surface area (Å²) >= 11 is 13.8. The van der Waals surface area contributed by atoms with Gasteiger partial charge in [0.2, 0.25) is 5.13 Å². The van der Waals surface area contributed by atoms with Gasteiger partial charge in [-0.1, -0.05) is 59.6 Å². The SMILES string of the molecule is Cc1onc(-c2c(Cl)cccc2Cl)c1C(=O)Nc1nnc(C(C)C)s1. The average molecular weight is 397 g/mol. The van der Waals surface area contributed by atoms with E-state index < -0.39 is 5.91 Å². The van der Waals surface area contributed by atoms with Crippen molar-refractivity contribution in [3.63, 3.8) is 0 Å². The second kappa shape index (κ2) is 7.11. The summed E-state index contributed by atoms with van der Waals surface area (Å²) in [5.41, 5.74) is 1.00. The van der Waals surface area contributed by atoms with E-state index in [4.69, 9.17) is 27.7 Å². The first-order valence-corrected chi connectivity index (χ1v) is 9.01. The van der Waals surface area contributed by atoms with Crippen LogP contribution >= 0.6 is 34.5 Å². The first-order chi connectivity index (χ1) is 11.9. The summed E-state index contributed by atoms with van der Waals surface area (Å²) in [6.07, 6.45) is 0. The van der Waals surface area contributed by atoms with E-state index in [0.717, 1.165) is 5.01 Å². The van der Waals surface area contributed by atoms with Gasteiger partial charge in [-0.3, -0.25) is 10.1 Å². The molecule has 1 aromatic carbocycles. The first kappa shape index (κ1) is 17.8. The summed E-state index contributed by atoms with van der Waals surface area (Å²) in [6, 6.07) is 5.07. The van der Waals surface area contributed by atoms with E-state index in [0.29, 0.717) is 32.2 Å². The number of nitrogens with zero attached hydrogens (tertiary/aromatic N) is 3. The van der Waals surface area contributed by atoms with Gasteiger partial charge in [-0.05, 0) is 19.1 Å². The number of aromatic nitrogens is 3. The number of rotatable bonds is 4. The third kappa shape index (κ3) is 3.53. The third-order valence-corrected chi connectivity index (χ3v) is 5.21. The first-order valence-electron chi connectivity index (χ1n) is 7.44. The van der Waals surface area contributed by atoms with Crippen molar-refractivity contribution >= 4 is 45.6 Å². The van der Waals surface area contributed by atoms with E-state index in [9.17, 15) is 4.79 Å². The van der Waals surface area contributed by atoms with Gasteiger partial charge >= 0.3 is 0 Å². The van der Waals surface area contributed by atoms with Crippen LogP contribution in [-0.2, 0) is 0 Å². The fourth-order valence-corrected chi connectivity index (χ4v) is 3.53. The molecule has 2 heterocycles. The Kier molecular flexibility index (Phi) is 5.08. The zero-order valence-electron chi connectivity index (χ0n) is 13.6. The van der Waals surface area contributed by atoms with E-state index >= 15 is 0 Å². The van der Waals surface area contributed by atoms with Crippen LogP contribution in [0.15, 0.2) is 22.7 Å². The minimum atomic E-state index is -0.406. The van der Waals surface area contributed by atoms with E-state index in [-0.39, 0.29) is 11.5 Å². The van der Waals surface area contributed by atoms with Crippen molar-refractivity contribution < 1.29 is 9.32 Å². The fraction of sp³-hybridized carbons (Fsp3) is 0.250. The molecule has 9 heteroatoms. The maximum atomic E-state index is 12.7. The van der Waals surface area contributed by atoms with Gasteiger partial charge in [-0.15, -0.1) is 10.2 Å². The molecule has 130 valence electrons. The number of amides is 1. The Labute approximate surface area is 158 Å². The van der Waals surface area contributed by atoms with Gasteiger partial charge in [0.25, 0.3) is 5.91 Å². The normalized spacial score (nSPS) is 11.1. The molecule has 0 radical (unpaired) electrons. The quantitative estimate of drug-likeness (QED) is 0.656. The second-order valence-corrected chi connectivity index (χ2v) is 7.44. The topological polar surface area (TPSA) is 80.9 Å². The number of nitrogens with one attached hydrogen (secondary N) is 1. The van der Waals surface area contributed by atoms with Crippen molar-refractivity contribution in [2.75, 3.05) is 5.32 Å². The van der Waals surface area contributed by atoms with Crippen molar-refractivity contribution in [2.45, 2.75) is 26.7 Å². The summed E-state index contributed by atoms with van der Waals surface area (Å²) < 4.78 is 5.20. The Morgan fingerprint density at radius 3 is 2.52 bits per heavy atom. The monoisotopic (exact) mass is 396 g/mol. The highest BCUT2D eigenvalue weighted by atomic mass is 35.5. The second-order valence-electron chi connectivity index (χ2n) is 5.61. The molecule has 0 aliphatic heterocycles. The molecule has 0 spiro atoms. The molecule has 1 amide bonds. The highest BCUT2D eigenvalue weighted by Crippen LogP contribution is 2.37. The molecule has 25 heavy (non-hydrogen) atoms. The number of aryl methyl sites for hydroxylation is 1. The summed E-state index contributed by atoms with van der Waals surface area (Å²) in [5, 5.41) is 16.7. The van der Waals surface area contributed by atoms with Crippen LogP contribution in [0.1, 0.15) is 40.9 Å². The summed E-state index contributed by atoms with van der Waals surface area (Å²) in [5.74, 6) is 0.186. The van der Waals surface area contributed by atoms with Crippen molar-refractivity contribution in [1.82, 2.24) is 15.4 Å². The van der Waals surface area contributed by atoms with Gasteiger partial charge in [0.05, 0.1) is 10.0 Å². The molecule has 3 aromatic rings. The van der Waals surface area contributed by atoms with Crippen molar-refractivity contribution in [3.8, 4) is 11.3 Å². The lowest BCUT2D eigenvalue weighted by Crippen LogP contribution is -2.13. The van der Waals surface area contributed by atoms with Crippen LogP contribution in [0.4, 0.5) is 5.13 Å². The molecule has 0 fully saturated rings. The molecular formula is C16H14Cl2N4O2S. The molecule has 2 aromatic heterocycles. The lowest BCUT2D eigenvalue weighted by Gasteiger charge is -2.06. The average Bonchev–Trinajstić information content (AvgIpc) is 3.14. The summed E-state index contributed by atoms with van der Waals surface area (Å²) in [7, 11) is 0. The lowest BCUT2D eigenvalue weighted by atomic mass is 10.1. The molecule has 1 N–H and O–H groups in total. The van der Waals surface area contributed by atoms with Gasteiger partial charge in [-0.25, -0.2) is 0 Å². The number of carbonyl (C=O) groups is 1. The highest BCUT2D eigenvalue weighted by Gasteiger charge is 2.25. The van der Waals surface area contributed by atoms with Crippen LogP contribution in [0.3, 0.4) is 0 Å². The largest absolute Gasteiger partial charge is 0.360 e. The van der Waals surface area contributed by atoms with E-state index in [2.05, 4.69) is 20.7 Å². The Morgan fingerprint density at radius 1 is 1.24 bits per heavy atom. The van der Waals surface area contributed by atoms with Gasteiger partial charge in [0.15, 0.2) is 0 Å². The summed E-state index contributed by atoms with van der Waals surface area (Å²) in [4.78, 5) is 12.7. The number of hydrogen-bond acceptors (Lipinski definition) is 6. The van der Waals surface area contributed by atoms with Crippen LogP contribution in [0.5, 0.6) is 0 Å². The number of hydrogen-bond donors (Lipinski definition) is 1. The van der Waals surface area contributed by atoms with Gasteiger partial charge in [0, 0.05) is 11.5 Å². The number of halogens is 2.